The highest BCUT2D eigenvalue weighted by Crippen LogP contribution is 2.43. The second-order valence-electron chi connectivity index (χ2n) is 10.6. The molecule has 0 spiro atoms. The number of carbonyl (C=O) groups excluding carboxylic acids is 1. The molecule has 9 heteroatoms. The van der Waals surface area contributed by atoms with E-state index in [1.807, 2.05) is 5.01 Å². The predicted molar refractivity (Wildman–Crippen MR) is 123 cm³/mol. The minimum atomic E-state index is -2.51. The molecular weight excluding hydrogens is 428 g/mol. The van der Waals surface area contributed by atoms with Crippen LogP contribution in [0.2, 0.25) is 0 Å². The van der Waals surface area contributed by atoms with Crippen LogP contribution < -0.4 is 21.8 Å². The lowest BCUT2D eigenvalue weighted by Crippen LogP contribution is -2.64. The van der Waals surface area contributed by atoms with Crippen LogP contribution in [0.15, 0.2) is 11.8 Å². The molecule has 0 radical (unpaired) electrons. The molecule has 2 bridgehead atoms. The van der Waals surface area contributed by atoms with Crippen molar-refractivity contribution in [2.24, 2.45) is 29.4 Å². The standard InChI is InChI=1S/C24H41F2N5O2/c1-33-21-7-3-2-6-19(21)24(27)11-17-15-31(30-20(12-24)22(25)26)10-8-18(17)23(32)29-14-16-5-4-9-28-13-16/h7,16-20,22,28,30H,2-6,8-15,27H2,1H3,(H,29,32)/t16?,17-,18?,19?,20-,24-/m1/s1. The molecule has 7 nitrogen and oxygen atoms in total. The van der Waals surface area contributed by atoms with Gasteiger partial charge in [0.25, 0.3) is 6.43 Å². The van der Waals surface area contributed by atoms with Crippen LogP contribution in [0.1, 0.15) is 51.4 Å². The normalized spacial score (nSPS) is 39.8. The van der Waals surface area contributed by atoms with Crippen molar-refractivity contribution in [3.8, 4) is 0 Å². The lowest BCUT2D eigenvalue weighted by Gasteiger charge is -2.50. The van der Waals surface area contributed by atoms with Gasteiger partial charge in [0.05, 0.1) is 18.9 Å². The molecule has 188 valence electrons. The van der Waals surface area contributed by atoms with E-state index in [1.165, 1.54) is 0 Å². The second-order valence-corrected chi connectivity index (χ2v) is 10.6. The van der Waals surface area contributed by atoms with E-state index >= 15 is 0 Å². The summed E-state index contributed by atoms with van der Waals surface area (Å²) >= 11 is 0. The van der Waals surface area contributed by atoms with E-state index in [0.29, 0.717) is 38.4 Å². The molecule has 4 unspecified atom stereocenters. The fraction of sp³-hybridized carbons (Fsp3) is 0.875. The van der Waals surface area contributed by atoms with Gasteiger partial charge in [-0.25, -0.2) is 19.2 Å². The van der Waals surface area contributed by atoms with Crippen molar-refractivity contribution >= 4 is 5.91 Å². The molecule has 0 saturated carbocycles. The van der Waals surface area contributed by atoms with Crippen molar-refractivity contribution in [1.82, 2.24) is 21.1 Å². The molecule has 1 aliphatic carbocycles. The summed E-state index contributed by atoms with van der Waals surface area (Å²) < 4.78 is 33.6. The number of piperidine rings is 2. The molecule has 1 amide bonds. The van der Waals surface area contributed by atoms with Crippen molar-refractivity contribution < 1.29 is 18.3 Å². The molecule has 4 aliphatic rings. The first-order chi connectivity index (χ1) is 15.9. The largest absolute Gasteiger partial charge is 0.501 e. The molecule has 3 heterocycles. The number of hydrogen-bond donors (Lipinski definition) is 4. The number of fused-ring (bicyclic) bond motifs is 2. The molecule has 7 atom stereocenters. The number of methoxy groups -OCH3 is 1. The third-order valence-corrected chi connectivity index (χ3v) is 8.24. The van der Waals surface area contributed by atoms with Gasteiger partial charge in [0.2, 0.25) is 5.91 Å². The Labute approximate surface area is 196 Å². The number of carbonyl (C=O) groups is 1. The summed E-state index contributed by atoms with van der Waals surface area (Å²) in [4.78, 5) is 13.3. The molecule has 0 aromatic carbocycles. The van der Waals surface area contributed by atoms with Gasteiger partial charge >= 0.3 is 0 Å². The molecule has 0 aromatic rings. The number of alkyl halides is 2. The fourth-order valence-corrected chi connectivity index (χ4v) is 6.51. The SMILES string of the molecule is COC1=CCCCC1[C@@]1(N)C[C@@H]2CN(CCC2C(=O)NCC2CCCNC2)N[C@@H](C(F)F)C1. The van der Waals surface area contributed by atoms with Crippen LogP contribution in [0, 0.1) is 23.7 Å². The molecule has 3 saturated heterocycles. The van der Waals surface area contributed by atoms with Gasteiger partial charge in [0.1, 0.15) is 0 Å². The predicted octanol–water partition coefficient (Wildman–Crippen LogP) is 2.00. The molecule has 3 fully saturated rings. The monoisotopic (exact) mass is 469 g/mol. The van der Waals surface area contributed by atoms with Gasteiger partial charge in [-0.05, 0) is 82.4 Å². The Balaban J connectivity index is 1.51. The van der Waals surface area contributed by atoms with Gasteiger partial charge in [-0.3, -0.25) is 4.79 Å². The van der Waals surface area contributed by atoms with Crippen molar-refractivity contribution in [2.45, 2.75) is 69.4 Å². The molecule has 5 N–H and O–H groups in total. The highest BCUT2D eigenvalue weighted by molar-refractivity contribution is 5.79. The summed E-state index contributed by atoms with van der Waals surface area (Å²) in [6.45, 7) is 3.84. The maximum Gasteiger partial charge on any atom is 0.255 e. The van der Waals surface area contributed by atoms with Crippen LogP contribution >= 0.6 is 0 Å². The summed E-state index contributed by atoms with van der Waals surface area (Å²) in [5.74, 6) is 1.13. The number of halogens is 2. The van der Waals surface area contributed by atoms with E-state index in [-0.39, 0.29) is 30.1 Å². The second kappa shape index (κ2) is 11.0. The number of amides is 1. The fourth-order valence-electron chi connectivity index (χ4n) is 6.51. The van der Waals surface area contributed by atoms with Gasteiger partial charge in [-0.2, -0.15) is 0 Å². The van der Waals surface area contributed by atoms with Crippen molar-refractivity contribution in [3.63, 3.8) is 0 Å². The minimum Gasteiger partial charge on any atom is -0.501 e. The van der Waals surface area contributed by atoms with E-state index < -0.39 is 18.0 Å². The van der Waals surface area contributed by atoms with Crippen molar-refractivity contribution in [2.75, 3.05) is 39.8 Å². The topological polar surface area (TPSA) is 91.7 Å². The number of hydrazine groups is 1. The number of hydrogen-bond acceptors (Lipinski definition) is 6. The number of ether oxygens (including phenoxy) is 1. The number of nitrogens with one attached hydrogen (secondary N) is 3. The molecule has 3 aliphatic heterocycles. The third kappa shape index (κ3) is 5.86. The van der Waals surface area contributed by atoms with E-state index in [1.54, 1.807) is 7.11 Å². The Morgan fingerprint density at radius 3 is 2.91 bits per heavy atom. The third-order valence-electron chi connectivity index (χ3n) is 8.24. The summed E-state index contributed by atoms with van der Waals surface area (Å²) in [7, 11) is 1.64. The average Bonchev–Trinajstić information content (AvgIpc) is 2.82. The van der Waals surface area contributed by atoms with Gasteiger partial charge in [0.15, 0.2) is 0 Å². The molecule has 0 aromatic heterocycles. The van der Waals surface area contributed by atoms with Gasteiger partial charge in [-0.15, -0.1) is 0 Å². The zero-order valence-corrected chi connectivity index (χ0v) is 19.8. The molecular formula is C24H41F2N5O2. The highest BCUT2D eigenvalue weighted by Gasteiger charge is 2.48. The summed E-state index contributed by atoms with van der Waals surface area (Å²) in [5, 5.41) is 8.49. The first-order valence-electron chi connectivity index (χ1n) is 12.7. The zero-order chi connectivity index (χ0) is 23.4. The van der Waals surface area contributed by atoms with Gasteiger partial charge < -0.3 is 21.1 Å². The zero-order valence-electron chi connectivity index (χ0n) is 19.8. The Hall–Kier alpha value is -1.29. The average molecular weight is 470 g/mol. The Kier molecular flexibility index (Phi) is 8.25. The van der Waals surface area contributed by atoms with E-state index in [9.17, 15) is 13.6 Å². The quantitative estimate of drug-likeness (QED) is 0.476. The van der Waals surface area contributed by atoms with E-state index in [2.05, 4.69) is 22.1 Å². The first-order valence-corrected chi connectivity index (χ1v) is 12.7. The maximum absolute atomic E-state index is 14.0. The van der Waals surface area contributed by atoms with Crippen LogP contribution in [-0.2, 0) is 9.53 Å². The summed E-state index contributed by atoms with van der Waals surface area (Å²) in [6.07, 6.45) is 5.90. The molecule has 4 rings (SSSR count). The Bertz CT molecular complexity index is 702. The number of nitrogens with two attached hydrogens (primary N) is 1. The number of rotatable bonds is 6. The lowest BCUT2D eigenvalue weighted by molar-refractivity contribution is -0.131. The van der Waals surface area contributed by atoms with Crippen LogP contribution in [-0.4, -0.2) is 68.8 Å². The van der Waals surface area contributed by atoms with Crippen LogP contribution in [0.3, 0.4) is 0 Å². The Morgan fingerprint density at radius 1 is 1.33 bits per heavy atom. The van der Waals surface area contributed by atoms with Crippen LogP contribution in [0.25, 0.3) is 0 Å². The minimum absolute atomic E-state index is 0.0133. The van der Waals surface area contributed by atoms with E-state index in [0.717, 1.165) is 51.0 Å². The molecule has 33 heavy (non-hydrogen) atoms. The maximum atomic E-state index is 14.0. The van der Waals surface area contributed by atoms with Gasteiger partial charge in [0, 0.05) is 37.0 Å². The highest BCUT2D eigenvalue weighted by atomic mass is 19.3. The van der Waals surface area contributed by atoms with Crippen molar-refractivity contribution in [3.05, 3.63) is 11.8 Å². The van der Waals surface area contributed by atoms with Crippen LogP contribution in [0.4, 0.5) is 8.78 Å². The summed E-state index contributed by atoms with van der Waals surface area (Å²) in [5.41, 5.74) is 9.24. The first kappa shape index (κ1) is 24.8. The van der Waals surface area contributed by atoms with Crippen LogP contribution in [0.5, 0.6) is 0 Å². The number of nitrogens with zero attached hydrogens (tertiary/aromatic N) is 1. The smallest absolute Gasteiger partial charge is 0.255 e. The van der Waals surface area contributed by atoms with Crippen molar-refractivity contribution in [1.29, 1.82) is 0 Å². The Morgan fingerprint density at radius 2 is 2.18 bits per heavy atom. The summed E-state index contributed by atoms with van der Waals surface area (Å²) in [6, 6.07) is -1.000. The number of allylic oxidation sites excluding steroid dienone is 1. The lowest BCUT2D eigenvalue weighted by atomic mass is 9.66. The van der Waals surface area contributed by atoms with Gasteiger partial charge in [-0.1, -0.05) is 0 Å². The van der Waals surface area contributed by atoms with E-state index in [4.69, 9.17) is 10.5 Å².